The molecule has 1 heterocycles. The minimum atomic E-state index is -4.24. The van der Waals surface area contributed by atoms with Gasteiger partial charge in [0.2, 0.25) is 10.0 Å². The lowest BCUT2D eigenvalue weighted by Gasteiger charge is -2.28. The van der Waals surface area contributed by atoms with Crippen molar-refractivity contribution in [1.29, 1.82) is 0 Å². The Morgan fingerprint density at radius 1 is 0.946 bits per heavy atom. The number of carbonyl (C=O) groups excluding carboxylic acids is 1. The molecule has 3 aromatic rings. The topological polar surface area (TPSA) is 94.7 Å². The molecule has 1 fully saturated rings. The molecular formula is C28H31NO7S. The molecule has 0 N–H and O–H groups in total. The van der Waals surface area contributed by atoms with E-state index in [-0.39, 0.29) is 24.1 Å². The first-order valence-electron chi connectivity index (χ1n) is 12.0. The summed E-state index contributed by atoms with van der Waals surface area (Å²) in [5.41, 5.74) is 0.493. The highest BCUT2D eigenvalue weighted by Crippen LogP contribution is 2.37. The summed E-state index contributed by atoms with van der Waals surface area (Å²) in [6, 6.07) is 22.8. The van der Waals surface area contributed by atoms with Crippen molar-refractivity contribution in [3.05, 3.63) is 90.0 Å². The Balaban J connectivity index is 1.74. The minimum absolute atomic E-state index is 0.00114. The Kier molecular flexibility index (Phi) is 8.04. The van der Waals surface area contributed by atoms with Gasteiger partial charge in [-0.2, -0.15) is 4.31 Å². The predicted molar refractivity (Wildman–Crippen MR) is 140 cm³/mol. The SMILES string of the molecule is CC(C)(C)OC(=O)N(c1cc(OC[C@H]2CO2)ccc1OCc1ccccc1)S(=O)(=O)Cc1ccccc1. The van der Waals surface area contributed by atoms with Gasteiger partial charge in [-0.1, -0.05) is 60.7 Å². The first kappa shape index (κ1) is 26.5. The number of sulfonamides is 1. The van der Waals surface area contributed by atoms with Crippen LogP contribution >= 0.6 is 0 Å². The number of epoxide rings is 1. The van der Waals surface area contributed by atoms with E-state index in [1.54, 1.807) is 63.2 Å². The lowest BCUT2D eigenvalue weighted by molar-refractivity contribution is 0.0608. The van der Waals surface area contributed by atoms with E-state index >= 15 is 0 Å². The van der Waals surface area contributed by atoms with Gasteiger partial charge >= 0.3 is 6.09 Å². The molecule has 8 nitrogen and oxygen atoms in total. The molecule has 0 spiro atoms. The third-order valence-corrected chi connectivity index (χ3v) is 6.85. The maximum atomic E-state index is 13.8. The summed E-state index contributed by atoms with van der Waals surface area (Å²) in [7, 11) is -4.24. The molecule has 1 aliphatic heterocycles. The molecule has 0 unspecified atom stereocenters. The predicted octanol–water partition coefficient (Wildman–Crippen LogP) is 5.31. The van der Waals surface area contributed by atoms with Crippen molar-refractivity contribution in [2.75, 3.05) is 17.5 Å². The summed E-state index contributed by atoms with van der Waals surface area (Å²) in [5, 5.41) is 0. The van der Waals surface area contributed by atoms with Crippen LogP contribution in [0.3, 0.4) is 0 Å². The largest absolute Gasteiger partial charge is 0.491 e. The quantitative estimate of drug-likeness (QED) is 0.331. The third-order valence-electron chi connectivity index (χ3n) is 5.25. The number of rotatable bonds is 10. The fourth-order valence-electron chi connectivity index (χ4n) is 3.47. The minimum Gasteiger partial charge on any atom is -0.491 e. The molecule has 3 aromatic carbocycles. The molecular weight excluding hydrogens is 494 g/mol. The van der Waals surface area contributed by atoms with Gasteiger partial charge in [-0.3, -0.25) is 0 Å². The van der Waals surface area contributed by atoms with Crippen molar-refractivity contribution in [1.82, 2.24) is 0 Å². The van der Waals surface area contributed by atoms with Crippen molar-refractivity contribution in [3.8, 4) is 11.5 Å². The Bertz CT molecular complexity index is 1300. The highest BCUT2D eigenvalue weighted by atomic mass is 32.2. The van der Waals surface area contributed by atoms with Crippen molar-refractivity contribution >= 4 is 21.8 Å². The van der Waals surface area contributed by atoms with Crippen LogP contribution in [0.25, 0.3) is 0 Å². The zero-order chi connectivity index (χ0) is 26.5. The molecule has 0 saturated carbocycles. The average Bonchev–Trinajstić information content (AvgIpc) is 3.66. The van der Waals surface area contributed by atoms with E-state index in [9.17, 15) is 13.2 Å². The molecule has 0 bridgehead atoms. The van der Waals surface area contributed by atoms with E-state index in [2.05, 4.69) is 0 Å². The maximum absolute atomic E-state index is 13.8. The summed E-state index contributed by atoms with van der Waals surface area (Å²) in [6.07, 6.45) is -1.03. The summed E-state index contributed by atoms with van der Waals surface area (Å²) < 4.78 is 50.7. The molecule has 0 aliphatic carbocycles. The summed E-state index contributed by atoms with van der Waals surface area (Å²) in [4.78, 5) is 13.4. The van der Waals surface area contributed by atoms with E-state index in [1.807, 2.05) is 30.3 Å². The second-order valence-corrected chi connectivity index (χ2v) is 11.5. The van der Waals surface area contributed by atoms with Gasteiger partial charge in [0.05, 0.1) is 12.4 Å². The van der Waals surface area contributed by atoms with Gasteiger partial charge in [-0.05, 0) is 44.0 Å². The highest BCUT2D eigenvalue weighted by Gasteiger charge is 2.36. The number of ether oxygens (including phenoxy) is 4. The highest BCUT2D eigenvalue weighted by molar-refractivity contribution is 7.92. The van der Waals surface area contributed by atoms with Crippen molar-refractivity contribution in [3.63, 3.8) is 0 Å². The number of amides is 1. The van der Waals surface area contributed by atoms with E-state index < -0.39 is 27.5 Å². The van der Waals surface area contributed by atoms with Crippen molar-refractivity contribution in [2.45, 2.75) is 44.8 Å². The van der Waals surface area contributed by atoms with Crippen molar-refractivity contribution in [2.24, 2.45) is 0 Å². The smallest absolute Gasteiger partial charge is 0.429 e. The summed E-state index contributed by atoms with van der Waals surface area (Å²) in [5.74, 6) is 0.161. The van der Waals surface area contributed by atoms with Gasteiger partial charge in [-0.25, -0.2) is 13.2 Å². The number of nitrogens with zero attached hydrogens (tertiary/aromatic N) is 1. The molecule has 0 radical (unpaired) electrons. The number of hydrogen-bond donors (Lipinski definition) is 0. The van der Waals surface area contributed by atoms with Gasteiger partial charge in [-0.15, -0.1) is 0 Å². The summed E-state index contributed by atoms with van der Waals surface area (Å²) in [6.45, 7) is 6.12. The van der Waals surface area contributed by atoms with Crippen LogP contribution in [-0.2, 0) is 31.9 Å². The van der Waals surface area contributed by atoms with Crippen LogP contribution in [0.1, 0.15) is 31.9 Å². The fraction of sp³-hybridized carbons (Fsp3) is 0.321. The van der Waals surface area contributed by atoms with Gasteiger partial charge in [0, 0.05) is 6.07 Å². The Hall–Kier alpha value is -3.56. The number of carbonyl (C=O) groups is 1. The number of anilines is 1. The van der Waals surface area contributed by atoms with E-state index in [0.29, 0.717) is 28.8 Å². The average molecular weight is 526 g/mol. The lowest BCUT2D eigenvalue weighted by atomic mass is 10.2. The van der Waals surface area contributed by atoms with Crippen LogP contribution in [0, 0.1) is 0 Å². The molecule has 0 aromatic heterocycles. The lowest BCUT2D eigenvalue weighted by Crippen LogP contribution is -2.41. The monoisotopic (exact) mass is 525 g/mol. The van der Waals surface area contributed by atoms with Crippen LogP contribution in [0.5, 0.6) is 11.5 Å². The zero-order valence-electron chi connectivity index (χ0n) is 21.1. The van der Waals surface area contributed by atoms with E-state index in [0.717, 1.165) is 5.56 Å². The normalized spacial score (nSPS) is 15.1. The molecule has 1 atom stereocenters. The Morgan fingerprint density at radius 2 is 1.57 bits per heavy atom. The maximum Gasteiger partial charge on any atom is 0.429 e. The molecule has 1 aliphatic rings. The zero-order valence-corrected chi connectivity index (χ0v) is 21.9. The van der Waals surface area contributed by atoms with Crippen LogP contribution < -0.4 is 13.8 Å². The third kappa shape index (κ3) is 7.71. The first-order valence-corrected chi connectivity index (χ1v) is 13.6. The number of benzene rings is 3. The number of hydrogen-bond acceptors (Lipinski definition) is 7. The van der Waals surface area contributed by atoms with Crippen molar-refractivity contribution < 1.29 is 32.2 Å². The molecule has 1 saturated heterocycles. The van der Waals surface area contributed by atoms with Crippen LogP contribution in [-0.4, -0.2) is 39.4 Å². The molecule has 37 heavy (non-hydrogen) atoms. The second-order valence-electron chi connectivity index (χ2n) is 9.66. The van der Waals surface area contributed by atoms with Gasteiger partial charge in [0.25, 0.3) is 0 Å². The first-order chi connectivity index (χ1) is 17.6. The van der Waals surface area contributed by atoms with Crippen LogP contribution in [0.15, 0.2) is 78.9 Å². The standard InChI is InChI=1S/C28H31NO7S/c1-28(2,3)36-27(30)29(37(31,32)20-22-12-8-5-9-13-22)25-16-23(33-18-24-19-34-24)14-15-26(25)35-17-21-10-6-4-7-11-21/h4-16,24H,17-20H2,1-3H3/t24-/m0/s1. The molecule has 1 amide bonds. The van der Waals surface area contributed by atoms with E-state index in [1.165, 1.54) is 6.07 Å². The van der Waals surface area contributed by atoms with Gasteiger partial charge in [0.1, 0.15) is 42.1 Å². The summed E-state index contributed by atoms with van der Waals surface area (Å²) >= 11 is 0. The Morgan fingerprint density at radius 3 is 2.16 bits per heavy atom. The van der Waals surface area contributed by atoms with Crippen LogP contribution in [0.2, 0.25) is 0 Å². The van der Waals surface area contributed by atoms with E-state index in [4.69, 9.17) is 18.9 Å². The van der Waals surface area contributed by atoms with Gasteiger partial charge < -0.3 is 18.9 Å². The second kappa shape index (κ2) is 11.2. The fourth-order valence-corrected chi connectivity index (χ4v) is 4.92. The molecule has 196 valence electrons. The van der Waals surface area contributed by atoms with Gasteiger partial charge in [0.15, 0.2) is 0 Å². The molecule has 9 heteroatoms. The molecule has 4 rings (SSSR count). The van der Waals surface area contributed by atoms with Crippen LogP contribution in [0.4, 0.5) is 10.5 Å². The Labute approximate surface area is 217 Å².